The van der Waals surface area contributed by atoms with E-state index in [0.29, 0.717) is 18.5 Å². The minimum absolute atomic E-state index is 0.401. The number of aromatic nitrogens is 2. The van der Waals surface area contributed by atoms with Crippen LogP contribution in [0.4, 0.5) is 11.8 Å². The van der Waals surface area contributed by atoms with Gasteiger partial charge in [-0.3, -0.25) is 0 Å². The maximum Gasteiger partial charge on any atom is 0.224 e. The molecule has 0 aliphatic rings. The van der Waals surface area contributed by atoms with Crippen LogP contribution in [0.1, 0.15) is 26.0 Å². The van der Waals surface area contributed by atoms with Crippen molar-refractivity contribution in [2.24, 2.45) is 0 Å². The van der Waals surface area contributed by atoms with Gasteiger partial charge in [-0.25, -0.2) is 4.98 Å². The Kier molecular flexibility index (Phi) is 4.17. The summed E-state index contributed by atoms with van der Waals surface area (Å²) in [6, 6.07) is 6.04. The Balaban J connectivity index is 1.94. The third-order valence-corrected chi connectivity index (χ3v) is 2.66. The molecular formula is C13H18N4O. The monoisotopic (exact) mass is 246 g/mol. The van der Waals surface area contributed by atoms with Crippen molar-refractivity contribution in [3.8, 4) is 0 Å². The van der Waals surface area contributed by atoms with E-state index in [2.05, 4.69) is 34.4 Å². The number of nitrogens with zero attached hydrogens (tertiary/aromatic N) is 2. The Labute approximate surface area is 107 Å². The lowest BCUT2D eigenvalue weighted by molar-refractivity contribution is 0.517. The molecule has 5 nitrogen and oxygen atoms in total. The maximum absolute atomic E-state index is 5.23. The summed E-state index contributed by atoms with van der Waals surface area (Å²) >= 11 is 0. The van der Waals surface area contributed by atoms with Crippen molar-refractivity contribution in [3.05, 3.63) is 36.4 Å². The summed E-state index contributed by atoms with van der Waals surface area (Å²) in [7, 11) is 0. The predicted octanol–water partition coefficient (Wildman–Crippen LogP) is 2.89. The molecule has 18 heavy (non-hydrogen) atoms. The molecule has 2 heterocycles. The quantitative estimate of drug-likeness (QED) is 0.820. The normalized spacial score (nSPS) is 12.1. The largest absolute Gasteiger partial charge is 0.467 e. The Morgan fingerprint density at radius 2 is 2.28 bits per heavy atom. The van der Waals surface area contributed by atoms with Gasteiger partial charge in [-0.05, 0) is 31.5 Å². The van der Waals surface area contributed by atoms with Crippen LogP contribution in [0.15, 0.2) is 35.1 Å². The van der Waals surface area contributed by atoms with Crippen LogP contribution >= 0.6 is 0 Å². The molecule has 0 saturated heterocycles. The second kappa shape index (κ2) is 6.05. The van der Waals surface area contributed by atoms with Crippen molar-refractivity contribution in [2.45, 2.75) is 32.9 Å². The second-order valence-corrected chi connectivity index (χ2v) is 4.15. The summed E-state index contributed by atoms with van der Waals surface area (Å²) in [5, 5.41) is 6.43. The van der Waals surface area contributed by atoms with Crippen LogP contribution in [-0.4, -0.2) is 16.0 Å². The molecule has 0 bridgehead atoms. The number of hydrogen-bond donors (Lipinski definition) is 2. The molecule has 0 saturated carbocycles. The minimum atomic E-state index is 0.401. The zero-order valence-corrected chi connectivity index (χ0v) is 10.7. The van der Waals surface area contributed by atoms with Crippen molar-refractivity contribution in [2.75, 3.05) is 10.6 Å². The first-order valence-electron chi connectivity index (χ1n) is 6.13. The van der Waals surface area contributed by atoms with Gasteiger partial charge in [0.15, 0.2) is 0 Å². The van der Waals surface area contributed by atoms with E-state index in [9.17, 15) is 0 Å². The van der Waals surface area contributed by atoms with Crippen LogP contribution in [0.2, 0.25) is 0 Å². The van der Waals surface area contributed by atoms with Crippen LogP contribution in [0.3, 0.4) is 0 Å². The van der Waals surface area contributed by atoms with Gasteiger partial charge in [-0.1, -0.05) is 6.92 Å². The van der Waals surface area contributed by atoms with Gasteiger partial charge in [0.25, 0.3) is 0 Å². The number of nitrogens with one attached hydrogen (secondary N) is 2. The SMILES string of the molecule is CCC(C)Nc1ccnc(NCc2ccco2)n1. The van der Waals surface area contributed by atoms with Gasteiger partial charge in [0.1, 0.15) is 11.6 Å². The molecular weight excluding hydrogens is 228 g/mol. The molecule has 0 fully saturated rings. The summed E-state index contributed by atoms with van der Waals surface area (Å²) in [4.78, 5) is 8.55. The summed E-state index contributed by atoms with van der Waals surface area (Å²) in [5.41, 5.74) is 0. The van der Waals surface area contributed by atoms with E-state index in [-0.39, 0.29) is 0 Å². The van der Waals surface area contributed by atoms with Gasteiger partial charge in [-0.15, -0.1) is 0 Å². The van der Waals surface area contributed by atoms with Crippen molar-refractivity contribution in [1.29, 1.82) is 0 Å². The van der Waals surface area contributed by atoms with E-state index in [1.54, 1.807) is 12.5 Å². The zero-order chi connectivity index (χ0) is 12.8. The van der Waals surface area contributed by atoms with E-state index in [0.717, 1.165) is 18.0 Å². The molecule has 0 radical (unpaired) electrons. The molecule has 1 atom stereocenters. The molecule has 0 aromatic carbocycles. The summed E-state index contributed by atoms with van der Waals surface area (Å²) < 4.78 is 5.23. The Morgan fingerprint density at radius 1 is 1.39 bits per heavy atom. The summed E-state index contributed by atoms with van der Waals surface area (Å²) in [6.07, 6.45) is 4.44. The number of hydrogen-bond acceptors (Lipinski definition) is 5. The zero-order valence-electron chi connectivity index (χ0n) is 10.7. The van der Waals surface area contributed by atoms with Crippen molar-refractivity contribution < 1.29 is 4.42 Å². The average molecular weight is 246 g/mol. The van der Waals surface area contributed by atoms with Crippen LogP contribution in [0, 0.1) is 0 Å². The van der Waals surface area contributed by atoms with Gasteiger partial charge < -0.3 is 15.1 Å². The first kappa shape index (κ1) is 12.4. The number of rotatable bonds is 6. The molecule has 96 valence electrons. The molecule has 2 aromatic rings. The molecule has 0 aliphatic heterocycles. The summed E-state index contributed by atoms with van der Waals surface area (Å²) in [5.74, 6) is 2.29. The Morgan fingerprint density at radius 3 is 3.00 bits per heavy atom. The van der Waals surface area contributed by atoms with Gasteiger partial charge in [0.2, 0.25) is 5.95 Å². The fraction of sp³-hybridized carbons (Fsp3) is 0.385. The van der Waals surface area contributed by atoms with Gasteiger partial charge in [0.05, 0.1) is 12.8 Å². The molecule has 0 aliphatic carbocycles. The van der Waals surface area contributed by atoms with E-state index < -0.39 is 0 Å². The van der Waals surface area contributed by atoms with E-state index in [1.165, 1.54) is 0 Å². The number of furan rings is 1. The van der Waals surface area contributed by atoms with E-state index in [4.69, 9.17) is 4.42 Å². The molecule has 5 heteroatoms. The highest BCUT2D eigenvalue weighted by Crippen LogP contribution is 2.09. The van der Waals surface area contributed by atoms with Crippen molar-refractivity contribution >= 4 is 11.8 Å². The fourth-order valence-electron chi connectivity index (χ4n) is 1.46. The van der Waals surface area contributed by atoms with Crippen LogP contribution in [0.25, 0.3) is 0 Å². The topological polar surface area (TPSA) is 63.0 Å². The molecule has 2 aromatic heterocycles. The highest BCUT2D eigenvalue weighted by atomic mass is 16.3. The van der Waals surface area contributed by atoms with E-state index in [1.807, 2.05) is 18.2 Å². The fourth-order valence-corrected chi connectivity index (χ4v) is 1.46. The van der Waals surface area contributed by atoms with E-state index >= 15 is 0 Å². The van der Waals surface area contributed by atoms with Gasteiger partial charge in [0, 0.05) is 12.2 Å². The smallest absolute Gasteiger partial charge is 0.224 e. The second-order valence-electron chi connectivity index (χ2n) is 4.15. The molecule has 1 unspecified atom stereocenters. The maximum atomic E-state index is 5.23. The van der Waals surface area contributed by atoms with Crippen LogP contribution in [-0.2, 0) is 6.54 Å². The van der Waals surface area contributed by atoms with Crippen molar-refractivity contribution in [1.82, 2.24) is 9.97 Å². The van der Waals surface area contributed by atoms with Crippen LogP contribution in [0.5, 0.6) is 0 Å². The lowest BCUT2D eigenvalue weighted by Gasteiger charge is -2.12. The highest BCUT2D eigenvalue weighted by Gasteiger charge is 2.03. The molecule has 0 spiro atoms. The average Bonchev–Trinajstić information content (AvgIpc) is 2.90. The highest BCUT2D eigenvalue weighted by molar-refractivity contribution is 5.40. The third-order valence-electron chi connectivity index (χ3n) is 2.66. The number of anilines is 2. The first-order valence-corrected chi connectivity index (χ1v) is 6.13. The standard InChI is InChI=1S/C13H18N4O/c1-3-10(2)16-12-6-7-14-13(17-12)15-9-11-5-4-8-18-11/h4-8,10H,3,9H2,1-2H3,(H2,14,15,16,17). The van der Waals surface area contributed by atoms with Crippen LogP contribution < -0.4 is 10.6 Å². The lowest BCUT2D eigenvalue weighted by Crippen LogP contribution is -2.15. The molecule has 0 amide bonds. The van der Waals surface area contributed by atoms with Gasteiger partial charge >= 0.3 is 0 Å². The predicted molar refractivity (Wildman–Crippen MR) is 71.4 cm³/mol. The minimum Gasteiger partial charge on any atom is -0.467 e. The Bertz CT molecular complexity index is 470. The van der Waals surface area contributed by atoms with Crippen molar-refractivity contribution in [3.63, 3.8) is 0 Å². The summed E-state index contributed by atoms with van der Waals surface area (Å²) in [6.45, 7) is 4.84. The first-order chi connectivity index (χ1) is 8.78. The van der Waals surface area contributed by atoms with Gasteiger partial charge in [-0.2, -0.15) is 4.98 Å². The lowest BCUT2D eigenvalue weighted by atomic mass is 10.2. The molecule has 2 N–H and O–H groups in total. The molecule has 2 rings (SSSR count). The Hall–Kier alpha value is -2.04. The third kappa shape index (κ3) is 3.48.